The summed E-state index contributed by atoms with van der Waals surface area (Å²) in [6, 6.07) is 17.1. The van der Waals surface area contributed by atoms with E-state index < -0.39 is 41.7 Å². The van der Waals surface area contributed by atoms with Crippen molar-refractivity contribution >= 4 is 29.5 Å². The Balaban J connectivity index is 1.25. The molecule has 0 spiro atoms. The van der Waals surface area contributed by atoms with E-state index in [0.29, 0.717) is 18.7 Å². The van der Waals surface area contributed by atoms with Crippen LogP contribution in [-0.4, -0.2) is 39.7 Å². The van der Waals surface area contributed by atoms with E-state index in [0.717, 1.165) is 11.1 Å². The number of carbonyl (C=O) groups is 3. The molecule has 194 valence electrons. The maximum absolute atomic E-state index is 13.2. The molecule has 2 aliphatic heterocycles. The first-order chi connectivity index (χ1) is 18.5. The molecular formula is C28H26N4O6. The molecule has 2 amide bonds. The Labute approximate surface area is 218 Å². The second-order valence-electron chi connectivity index (χ2n) is 9.03. The number of carbonyl (C=O) groups excluding carboxylic acids is 3. The molecule has 1 fully saturated rings. The molecule has 0 radical (unpaired) electrons. The number of fused-ring (bicyclic) bond motifs is 1. The van der Waals surface area contributed by atoms with Crippen LogP contribution in [0.1, 0.15) is 35.8 Å². The molecule has 2 aliphatic rings. The number of aromatic nitrogens is 2. The number of benzene rings is 2. The van der Waals surface area contributed by atoms with Gasteiger partial charge in [0.2, 0.25) is 18.1 Å². The molecule has 3 unspecified atom stereocenters. The zero-order chi connectivity index (χ0) is 26.5. The molecule has 2 N–H and O–H groups in total. The van der Waals surface area contributed by atoms with Gasteiger partial charge in [0.15, 0.2) is 0 Å². The van der Waals surface area contributed by atoms with Crippen LogP contribution in [0.2, 0.25) is 0 Å². The van der Waals surface area contributed by atoms with E-state index in [2.05, 4.69) is 15.6 Å². The fourth-order valence-electron chi connectivity index (χ4n) is 4.49. The smallest absolute Gasteiger partial charge is 0.310 e. The highest BCUT2D eigenvalue weighted by Gasteiger charge is 2.39. The normalized spacial score (nSPS) is 20.2. The fraction of sp³-hybridized carbons (Fsp3) is 0.250. The van der Waals surface area contributed by atoms with Gasteiger partial charge in [0.1, 0.15) is 23.6 Å². The van der Waals surface area contributed by atoms with E-state index >= 15 is 0 Å². The van der Waals surface area contributed by atoms with Crippen LogP contribution in [0.3, 0.4) is 0 Å². The molecule has 3 atom stereocenters. The molecule has 1 aromatic heterocycles. The molecule has 5 rings (SSSR count). The molecule has 3 heterocycles. The molecule has 10 heteroatoms. The summed E-state index contributed by atoms with van der Waals surface area (Å²) in [5.41, 5.74) is 1.18. The van der Waals surface area contributed by atoms with Crippen LogP contribution in [0.15, 0.2) is 77.7 Å². The first-order valence-electron chi connectivity index (χ1n) is 12.3. The van der Waals surface area contributed by atoms with Crippen LogP contribution in [0.4, 0.5) is 5.69 Å². The lowest BCUT2D eigenvalue weighted by Crippen LogP contribution is -2.45. The Morgan fingerprint density at radius 1 is 1.08 bits per heavy atom. The van der Waals surface area contributed by atoms with E-state index in [9.17, 15) is 19.2 Å². The maximum Gasteiger partial charge on any atom is 0.310 e. The average Bonchev–Trinajstić information content (AvgIpc) is 3.52. The van der Waals surface area contributed by atoms with Crippen LogP contribution in [0.5, 0.6) is 0 Å². The summed E-state index contributed by atoms with van der Waals surface area (Å²) in [5, 5.41) is 5.36. The molecule has 0 bridgehead atoms. The van der Waals surface area contributed by atoms with Gasteiger partial charge in [-0.3, -0.25) is 23.7 Å². The topological polar surface area (TPSA) is 129 Å². The Morgan fingerprint density at radius 2 is 1.82 bits per heavy atom. The Kier molecular flexibility index (Phi) is 7.41. The molecule has 38 heavy (non-hydrogen) atoms. The van der Waals surface area contributed by atoms with Crippen LogP contribution < -0.4 is 16.2 Å². The molecule has 0 aliphatic carbocycles. The van der Waals surface area contributed by atoms with Crippen LogP contribution in [0, 0.1) is 0 Å². The number of hydrogen-bond donors (Lipinski definition) is 2. The predicted molar refractivity (Wildman–Crippen MR) is 138 cm³/mol. The minimum absolute atomic E-state index is 0.0281. The van der Waals surface area contributed by atoms with Crippen LogP contribution in [0.25, 0.3) is 6.08 Å². The number of nitrogens with one attached hydrogen (secondary N) is 2. The van der Waals surface area contributed by atoms with Gasteiger partial charge in [0.25, 0.3) is 5.56 Å². The third kappa shape index (κ3) is 5.70. The molecule has 2 aromatic carbocycles. The van der Waals surface area contributed by atoms with Crippen molar-refractivity contribution in [2.24, 2.45) is 0 Å². The average molecular weight is 515 g/mol. The number of cyclic esters (lactones) is 1. The number of amides is 2. The van der Waals surface area contributed by atoms with Crippen molar-refractivity contribution in [2.75, 3.05) is 5.32 Å². The standard InChI is InChI=1S/C28H26N4O6/c33-24(14-11-18-7-3-1-4-8-18)30-21-16-29-23-13-12-22(32(23)27(21)36)26(35)31-20-15-25(34)38-28(20)37-17-19-9-5-2-6-10-19/h1-11,14,16,20,22,28H,12-13,15,17H2,(H,30,33)(H,31,35)/b14-11+. The summed E-state index contributed by atoms with van der Waals surface area (Å²) < 4.78 is 12.3. The van der Waals surface area contributed by atoms with Crippen molar-refractivity contribution in [3.63, 3.8) is 0 Å². The van der Waals surface area contributed by atoms with E-state index in [1.165, 1.54) is 16.8 Å². The van der Waals surface area contributed by atoms with Gasteiger partial charge in [-0.15, -0.1) is 0 Å². The number of aryl methyl sites for hydroxylation is 1. The van der Waals surface area contributed by atoms with E-state index in [1.807, 2.05) is 60.7 Å². The summed E-state index contributed by atoms with van der Waals surface area (Å²) in [6.45, 7) is 0.211. The second-order valence-corrected chi connectivity index (χ2v) is 9.03. The summed E-state index contributed by atoms with van der Waals surface area (Å²) in [4.78, 5) is 55.1. The van der Waals surface area contributed by atoms with Crippen LogP contribution in [-0.2, 0) is 36.9 Å². The highest BCUT2D eigenvalue weighted by atomic mass is 16.7. The monoisotopic (exact) mass is 514 g/mol. The zero-order valence-corrected chi connectivity index (χ0v) is 20.4. The lowest BCUT2D eigenvalue weighted by atomic mass is 10.1. The molecule has 0 saturated carbocycles. The summed E-state index contributed by atoms with van der Waals surface area (Å²) in [5.74, 6) is -0.972. The van der Waals surface area contributed by atoms with E-state index in [1.54, 1.807) is 6.08 Å². The minimum Gasteiger partial charge on any atom is -0.433 e. The first kappa shape index (κ1) is 25.1. The van der Waals surface area contributed by atoms with Gasteiger partial charge in [0.05, 0.1) is 19.2 Å². The van der Waals surface area contributed by atoms with Crippen molar-refractivity contribution < 1.29 is 23.9 Å². The van der Waals surface area contributed by atoms with Gasteiger partial charge in [0, 0.05) is 12.5 Å². The van der Waals surface area contributed by atoms with Crippen molar-refractivity contribution in [2.45, 2.75) is 44.2 Å². The maximum atomic E-state index is 13.2. The van der Waals surface area contributed by atoms with E-state index in [-0.39, 0.29) is 18.7 Å². The van der Waals surface area contributed by atoms with Gasteiger partial charge < -0.3 is 20.1 Å². The largest absolute Gasteiger partial charge is 0.433 e. The Hall–Kier alpha value is -4.57. The number of anilines is 1. The summed E-state index contributed by atoms with van der Waals surface area (Å²) in [7, 11) is 0. The summed E-state index contributed by atoms with van der Waals surface area (Å²) >= 11 is 0. The van der Waals surface area contributed by atoms with Gasteiger partial charge in [-0.1, -0.05) is 60.7 Å². The highest BCUT2D eigenvalue weighted by molar-refractivity contribution is 6.01. The molecule has 3 aromatic rings. The van der Waals surface area contributed by atoms with Gasteiger partial charge in [-0.25, -0.2) is 4.98 Å². The highest BCUT2D eigenvalue weighted by Crippen LogP contribution is 2.25. The number of ether oxygens (including phenoxy) is 2. The van der Waals surface area contributed by atoms with Crippen molar-refractivity contribution in [1.82, 2.24) is 14.9 Å². The first-order valence-corrected chi connectivity index (χ1v) is 12.3. The van der Waals surface area contributed by atoms with Gasteiger partial charge in [-0.05, 0) is 23.6 Å². The van der Waals surface area contributed by atoms with E-state index in [4.69, 9.17) is 9.47 Å². The van der Waals surface area contributed by atoms with Crippen molar-refractivity contribution in [3.8, 4) is 0 Å². The second kappa shape index (κ2) is 11.2. The number of esters is 1. The molecular weight excluding hydrogens is 488 g/mol. The number of hydrogen-bond acceptors (Lipinski definition) is 7. The fourth-order valence-corrected chi connectivity index (χ4v) is 4.49. The number of nitrogens with zero attached hydrogens (tertiary/aromatic N) is 2. The third-order valence-electron chi connectivity index (χ3n) is 6.36. The van der Waals surface area contributed by atoms with Gasteiger partial charge in [-0.2, -0.15) is 0 Å². The minimum atomic E-state index is -0.940. The lowest BCUT2D eigenvalue weighted by Gasteiger charge is -2.22. The van der Waals surface area contributed by atoms with Crippen molar-refractivity contribution in [1.29, 1.82) is 0 Å². The molecule has 10 nitrogen and oxygen atoms in total. The Morgan fingerprint density at radius 3 is 2.58 bits per heavy atom. The third-order valence-corrected chi connectivity index (χ3v) is 6.36. The molecule has 1 saturated heterocycles. The summed E-state index contributed by atoms with van der Waals surface area (Å²) in [6.07, 6.45) is 4.06. The Bertz CT molecular complexity index is 1420. The quantitative estimate of drug-likeness (QED) is 0.349. The predicted octanol–water partition coefficient (Wildman–Crippen LogP) is 2.36. The lowest BCUT2D eigenvalue weighted by molar-refractivity contribution is -0.168. The zero-order valence-electron chi connectivity index (χ0n) is 20.4. The van der Waals surface area contributed by atoms with Gasteiger partial charge >= 0.3 is 5.97 Å². The SMILES string of the molecule is O=C(/C=C/c1ccccc1)Nc1cnc2n(c1=O)C(C(=O)NC1CC(=O)OC1OCc1ccccc1)CC2. The van der Waals surface area contributed by atoms with Crippen molar-refractivity contribution in [3.05, 3.63) is 100 Å². The van der Waals surface area contributed by atoms with Crippen LogP contribution >= 0.6 is 0 Å². The number of rotatable bonds is 8.